The van der Waals surface area contributed by atoms with Gasteiger partial charge in [-0.05, 0) is 42.3 Å². The number of H-pyrrole nitrogens is 1. The summed E-state index contributed by atoms with van der Waals surface area (Å²) in [5.41, 5.74) is 5.74. The van der Waals surface area contributed by atoms with Gasteiger partial charge in [-0.3, -0.25) is 10.1 Å². The van der Waals surface area contributed by atoms with Crippen molar-refractivity contribution < 1.29 is 4.92 Å². The average Bonchev–Trinajstić information content (AvgIpc) is 3.09. The molecule has 0 fully saturated rings. The van der Waals surface area contributed by atoms with E-state index in [9.17, 15) is 10.1 Å². The quantitative estimate of drug-likeness (QED) is 0.379. The number of halogens is 1. The molecule has 0 radical (unpaired) electrons. The van der Waals surface area contributed by atoms with Gasteiger partial charge < -0.3 is 9.55 Å². The molecule has 0 aliphatic heterocycles. The number of aromatic nitrogens is 2. The molecule has 0 amide bonds. The fraction of sp³-hybridized carbons (Fsp3) is 0.158. The lowest BCUT2D eigenvalue weighted by atomic mass is 10.0. The molecule has 126 valence electrons. The van der Waals surface area contributed by atoms with Crippen LogP contribution in [0.1, 0.15) is 16.8 Å². The first kappa shape index (κ1) is 15.9. The van der Waals surface area contributed by atoms with Crippen molar-refractivity contribution in [2.75, 3.05) is 0 Å². The van der Waals surface area contributed by atoms with Gasteiger partial charge in [-0.1, -0.05) is 15.9 Å². The number of aryl methyl sites for hydroxylation is 1. The Hall–Kier alpha value is -2.60. The van der Waals surface area contributed by atoms with E-state index in [0.717, 1.165) is 27.4 Å². The number of aromatic amines is 1. The molecule has 4 aromatic rings. The largest absolute Gasteiger partial charge is 0.361 e. The summed E-state index contributed by atoms with van der Waals surface area (Å²) in [6.07, 6.45) is 2.72. The van der Waals surface area contributed by atoms with Crippen molar-refractivity contribution in [2.45, 2.75) is 13.3 Å². The highest BCUT2D eigenvalue weighted by atomic mass is 79.9. The van der Waals surface area contributed by atoms with Gasteiger partial charge in [-0.15, -0.1) is 0 Å². The maximum atomic E-state index is 11.0. The van der Waals surface area contributed by atoms with Gasteiger partial charge in [0.1, 0.15) is 0 Å². The molecule has 25 heavy (non-hydrogen) atoms. The Bertz CT molecular complexity index is 1140. The van der Waals surface area contributed by atoms with E-state index in [1.807, 2.05) is 12.3 Å². The van der Waals surface area contributed by atoms with Crippen LogP contribution in [0, 0.1) is 17.0 Å². The maximum absolute atomic E-state index is 11.0. The zero-order chi connectivity index (χ0) is 17.7. The van der Waals surface area contributed by atoms with Crippen LogP contribution in [-0.4, -0.2) is 14.5 Å². The first-order valence-corrected chi connectivity index (χ1v) is 8.73. The molecule has 0 spiro atoms. The third kappa shape index (κ3) is 2.53. The molecular weight excluding hydrogens is 382 g/mol. The highest BCUT2D eigenvalue weighted by molar-refractivity contribution is 9.10. The van der Waals surface area contributed by atoms with Crippen LogP contribution >= 0.6 is 15.9 Å². The van der Waals surface area contributed by atoms with E-state index in [0.29, 0.717) is 0 Å². The van der Waals surface area contributed by atoms with E-state index in [2.05, 4.69) is 57.7 Å². The number of hydrogen-bond acceptors (Lipinski definition) is 2. The molecule has 5 nitrogen and oxygen atoms in total. The Labute approximate surface area is 152 Å². The number of fused-ring (bicyclic) bond motifs is 2. The maximum Gasteiger partial charge on any atom is 0.271 e. The molecule has 0 unspecified atom stereocenters. The summed E-state index contributed by atoms with van der Waals surface area (Å²) in [4.78, 5) is 13.8. The summed E-state index contributed by atoms with van der Waals surface area (Å²) in [5, 5.41) is 13.2. The number of nitro benzene ring substituents is 1. The molecule has 0 bridgehead atoms. The predicted octanol–water partition coefficient (Wildman–Crippen LogP) is 5.23. The highest BCUT2D eigenvalue weighted by Crippen LogP contribution is 2.32. The Balaban J connectivity index is 1.84. The molecule has 0 saturated heterocycles. The van der Waals surface area contributed by atoms with Gasteiger partial charge in [0.15, 0.2) is 0 Å². The van der Waals surface area contributed by atoms with Crippen molar-refractivity contribution in [1.29, 1.82) is 0 Å². The van der Waals surface area contributed by atoms with E-state index in [-0.39, 0.29) is 10.6 Å². The number of nitrogens with one attached hydrogen (secondary N) is 1. The van der Waals surface area contributed by atoms with Crippen LogP contribution in [0.5, 0.6) is 0 Å². The Morgan fingerprint density at radius 1 is 1.20 bits per heavy atom. The molecule has 0 aliphatic rings. The second kappa shape index (κ2) is 5.74. The lowest BCUT2D eigenvalue weighted by Gasteiger charge is -2.03. The predicted molar refractivity (Wildman–Crippen MR) is 103 cm³/mol. The van der Waals surface area contributed by atoms with Crippen LogP contribution in [0.4, 0.5) is 5.69 Å². The lowest BCUT2D eigenvalue weighted by Crippen LogP contribution is -1.93. The molecule has 2 aromatic carbocycles. The third-order valence-electron chi connectivity index (χ3n) is 4.91. The minimum atomic E-state index is -0.369. The Kier molecular flexibility index (Phi) is 3.65. The lowest BCUT2D eigenvalue weighted by molar-refractivity contribution is -0.384. The summed E-state index contributed by atoms with van der Waals surface area (Å²) in [7, 11) is 2.08. The van der Waals surface area contributed by atoms with Crippen molar-refractivity contribution in [3.05, 3.63) is 74.0 Å². The second-order valence-corrected chi connectivity index (χ2v) is 7.18. The van der Waals surface area contributed by atoms with E-state index >= 15 is 0 Å². The van der Waals surface area contributed by atoms with Crippen molar-refractivity contribution in [2.24, 2.45) is 7.05 Å². The third-order valence-corrected chi connectivity index (χ3v) is 5.41. The second-order valence-electron chi connectivity index (χ2n) is 6.26. The fourth-order valence-corrected chi connectivity index (χ4v) is 3.83. The smallest absolute Gasteiger partial charge is 0.271 e. The van der Waals surface area contributed by atoms with Crippen LogP contribution in [0.15, 0.2) is 47.1 Å². The summed E-state index contributed by atoms with van der Waals surface area (Å²) in [6, 6.07) is 11.3. The van der Waals surface area contributed by atoms with E-state index in [1.165, 1.54) is 22.2 Å². The molecule has 2 heterocycles. The first-order valence-electron chi connectivity index (χ1n) is 7.93. The van der Waals surface area contributed by atoms with Crippen molar-refractivity contribution in [3.63, 3.8) is 0 Å². The van der Waals surface area contributed by atoms with E-state index in [4.69, 9.17) is 0 Å². The van der Waals surface area contributed by atoms with Gasteiger partial charge in [-0.2, -0.15) is 0 Å². The average molecular weight is 398 g/mol. The molecule has 2 aromatic heterocycles. The number of nitrogens with zero attached hydrogens (tertiary/aromatic N) is 2. The monoisotopic (exact) mass is 397 g/mol. The number of rotatable bonds is 3. The van der Waals surface area contributed by atoms with Gasteiger partial charge in [0, 0.05) is 58.3 Å². The topological polar surface area (TPSA) is 63.9 Å². The van der Waals surface area contributed by atoms with Crippen LogP contribution in [0.3, 0.4) is 0 Å². The van der Waals surface area contributed by atoms with Gasteiger partial charge >= 0.3 is 0 Å². The zero-order valence-corrected chi connectivity index (χ0v) is 15.4. The fourth-order valence-electron chi connectivity index (χ4n) is 3.47. The van der Waals surface area contributed by atoms with Crippen LogP contribution in [-0.2, 0) is 13.5 Å². The minimum Gasteiger partial charge on any atom is -0.361 e. The highest BCUT2D eigenvalue weighted by Gasteiger charge is 2.16. The first-order chi connectivity index (χ1) is 12.0. The summed E-state index contributed by atoms with van der Waals surface area (Å²) >= 11 is 3.56. The molecular formula is C19H16BrN3O2. The van der Waals surface area contributed by atoms with Crippen LogP contribution in [0.25, 0.3) is 21.8 Å². The van der Waals surface area contributed by atoms with Crippen LogP contribution in [0.2, 0.25) is 0 Å². The number of non-ortho nitro benzene ring substituents is 1. The van der Waals surface area contributed by atoms with Gasteiger partial charge in [0.05, 0.1) is 10.4 Å². The van der Waals surface area contributed by atoms with Gasteiger partial charge in [-0.25, -0.2) is 0 Å². The molecule has 0 aliphatic carbocycles. The van der Waals surface area contributed by atoms with E-state index < -0.39 is 0 Å². The zero-order valence-electron chi connectivity index (χ0n) is 13.8. The van der Waals surface area contributed by atoms with Gasteiger partial charge in [0.2, 0.25) is 0 Å². The molecule has 0 saturated carbocycles. The molecule has 0 atom stereocenters. The Morgan fingerprint density at radius 3 is 2.76 bits per heavy atom. The summed E-state index contributed by atoms with van der Waals surface area (Å²) in [6.45, 7) is 2.13. The van der Waals surface area contributed by atoms with Gasteiger partial charge in [0.25, 0.3) is 5.69 Å². The molecule has 4 rings (SSSR count). The van der Waals surface area contributed by atoms with Crippen molar-refractivity contribution >= 4 is 43.4 Å². The number of nitro groups is 1. The van der Waals surface area contributed by atoms with Crippen molar-refractivity contribution in [3.8, 4) is 0 Å². The number of hydrogen-bond donors (Lipinski definition) is 1. The minimum absolute atomic E-state index is 0.103. The molecule has 6 heteroatoms. The standard InChI is InChI=1S/C19H16BrN3O2/c1-11-16(17-8-13(20)3-6-19(17)22(11)2)7-12-10-21-18-9-14(23(24)25)4-5-15(12)18/h3-6,8-10,21H,7H2,1-2H3. The summed E-state index contributed by atoms with van der Waals surface area (Å²) < 4.78 is 3.26. The molecule has 1 N–H and O–H groups in total. The van der Waals surface area contributed by atoms with Crippen LogP contribution < -0.4 is 0 Å². The summed E-state index contributed by atoms with van der Waals surface area (Å²) in [5.74, 6) is 0. The number of benzene rings is 2. The Morgan fingerprint density at radius 2 is 2.00 bits per heavy atom. The van der Waals surface area contributed by atoms with E-state index in [1.54, 1.807) is 12.1 Å². The normalized spacial score (nSPS) is 11.5. The SMILES string of the molecule is Cc1c(Cc2c[nH]c3cc([N+](=O)[O-])ccc23)c2cc(Br)ccc2n1C. The van der Waals surface area contributed by atoms with Crippen molar-refractivity contribution in [1.82, 2.24) is 9.55 Å².